The van der Waals surface area contributed by atoms with Gasteiger partial charge in [-0.3, -0.25) is 20.2 Å². The minimum absolute atomic E-state index is 0.00315. The van der Waals surface area contributed by atoms with Gasteiger partial charge < -0.3 is 5.73 Å². The highest BCUT2D eigenvalue weighted by molar-refractivity contribution is 5.52. The molecule has 9 heteroatoms. The molecule has 0 aliphatic rings. The number of hydrogen-bond acceptors (Lipinski definition) is 6. The number of nitrogens with two attached hydrogens (primary N) is 1. The van der Waals surface area contributed by atoms with Crippen LogP contribution in [-0.2, 0) is 6.54 Å². The Bertz CT molecular complexity index is 651. The molecule has 0 amide bonds. The lowest BCUT2D eigenvalue weighted by molar-refractivity contribution is -0.385. The van der Waals surface area contributed by atoms with Crippen molar-refractivity contribution in [1.82, 2.24) is 9.78 Å². The number of nitrogens with zero attached hydrogens (tertiary/aromatic N) is 4. The first kappa shape index (κ1) is 12.5. The Balaban J connectivity index is 2.37. The zero-order valence-corrected chi connectivity index (χ0v) is 9.59. The fourth-order valence-corrected chi connectivity index (χ4v) is 1.64. The second kappa shape index (κ2) is 4.72. The number of hydrogen-bond donors (Lipinski definition) is 1. The van der Waals surface area contributed by atoms with Gasteiger partial charge in [0, 0.05) is 6.07 Å². The third kappa shape index (κ3) is 2.34. The van der Waals surface area contributed by atoms with Gasteiger partial charge >= 0.3 is 5.69 Å². The first-order chi connectivity index (χ1) is 9.00. The van der Waals surface area contributed by atoms with Crippen LogP contribution in [0.5, 0.6) is 0 Å². The average Bonchev–Trinajstić information content (AvgIpc) is 2.71. The number of aromatic nitrogens is 2. The van der Waals surface area contributed by atoms with E-state index in [4.69, 9.17) is 5.73 Å². The second-order valence-corrected chi connectivity index (χ2v) is 3.72. The third-order valence-corrected chi connectivity index (χ3v) is 2.57. The summed E-state index contributed by atoms with van der Waals surface area (Å²) < 4.78 is 1.15. The van der Waals surface area contributed by atoms with Gasteiger partial charge in [-0.25, -0.2) is 4.68 Å². The lowest BCUT2D eigenvalue weighted by Crippen LogP contribution is -2.08. The first-order valence-electron chi connectivity index (χ1n) is 5.18. The molecule has 2 N–H and O–H groups in total. The quantitative estimate of drug-likeness (QED) is 0.654. The number of benzene rings is 1. The summed E-state index contributed by atoms with van der Waals surface area (Å²) in [5, 5.41) is 25.2. The van der Waals surface area contributed by atoms with Crippen molar-refractivity contribution in [2.24, 2.45) is 0 Å². The van der Waals surface area contributed by atoms with Crippen LogP contribution in [-0.4, -0.2) is 19.6 Å². The van der Waals surface area contributed by atoms with Crippen LogP contribution in [0.2, 0.25) is 0 Å². The summed E-state index contributed by atoms with van der Waals surface area (Å²) in [7, 11) is 0. The molecule has 1 heterocycles. The van der Waals surface area contributed by atoms with Gasteiger partial charge in [-0.2, -0.15) is 5.10 Å². The van der Waals surface area contributed by atoms with Crippen LogP contribution in [0.3, 0.4) is 0 Å². The van der Waals surface area contributed by atoms with Crippen LogP contribution < -0.4 is 5.73 Å². The highest BCUT2D eigenvalue weighted by atomic mass is 16.6. The molecule has 0 spiro atoms. The Morgan fingerprint density at radius 2 is 1.79 bits per heavy atom. The van der Waals surface area contributed by atoms with E-state index in [-0.39, 0.29) is 23.7 Å². The molecule has 0 bridgehead atoms. The van der Waals surface area contributed by atoms with E-state index in [1.54, 1.807) is 12.1 Å². The van der Waals surface area contributed by atoms with Crippen molar-refractivity contribution in [2.75, 3.05) is 5.73 Å². The molecular formula is C10H9N5O4. The van der Waals surface area contributed by atoms with E-state index >= 15 is 0 Å². The molecule has 98 valence electrons. The van der Waals surface area contributed by atoms with Crippen LogP contribution in [0.15, 0.2) is 30.5 Å². The average molecular weight is 263 g/mol. The fourth-order valence-electron chi connectivity index (χ4n) is 1.64. The van der Waals surface area contributed by atoms with E-state index in [2.05, 4.69) is 5.10 Å². The largest absolute Gasteiger partial charge is 0.378 e. The van der Waals surface area contributed by atoms with Crippen molar-refractivity contribution in [3.05, 3.63) is 56.3 Å². The number of anilines is 1. The highest BCUT2D eigenvalue weighted by Crippen LogP contribution is 2.24. The number of para-hydroxylation sites is 1. The smallest absolute Gasteiger partial charge is 0.330 e. The molecule has 2 aromatic rings. The van der Waals surface area contributed by atoms with E-state index in [0.717, 1.165) is 10.9 Å². The van der Waals surface area contributed by atoms with Crippen LogP contribution in [0.25, 0.3) is 0 Å². The highest BCUT2D eigenvalue weighted by Gasteiger charge is 2.20. The molecule has 2 rings (SSSR count). The van der Waals surface area contributed by atoms with Crippen LogP contribution >= 0.6 is 0 Å². The molecule has 0 fully saturated rings. The van der Waals surface area contributed by atoms with Gasteiger partial charge in [-0.15, -0.1) is 0 Å². The molecule has 0 unspecified atom stereocenters. The first-order valence-corrected chi connectivity index (χ1v) is 5.18. The predicted molar refractivity (Wildman–Crippen MR) is 65.5 cm³/mol. The molecule has 0 radical (unpaired) electrons. The van der Waals surface area contributed by atoms with Gasteiger partial charge in [0.15, 0.2) is 0 Å². The second-order valence-electron chi connectivity index (χ2n) is 3.72. The summed E-state index contributed by atoms with van der Waals surface area (Å²) in [5.41, 5.74) is 5.54. The van der Waals surface area contributed by atoms with Gasteiger partial charge in [-0.1, -0.05) is 18.2 Å². The maximum Gasteiger partial charge on any atom is 0.330 e. The Morgan fingerprint density at radius 3 is 2.37 bits per heavy atom. The molecule has 0 saturated carbocycles. The summed E-state index contributed by atoms with van der Waals surface area (Å²) in [6.45, 7) is -0.00315. The van der Waals surface area contributed by atoms with Crippen molar-refractivity contribution in [2.45, 2.75) is 6.54 Å². The molecule has 0 aliphatic heterocycles. The van der Waals surface area contributed by atoms with Crippen molar-refractivity contribution >= 4 is 17.2 Å². The SMILES string of the molecule is Nc1c([N+](=O)[O-])cnn1Cc1ccccc1[N+](=O)[O-]. The summed E-state index contributed by atoms with van der Waals surface area (Å²) >= 11 is 0. The van der Waals surface area contributed by atoms with E-state index in [9.17, 15) is 20.2 Å². The lowest BCUT2D eigenvalue weighted by Gasteiger charge is -2.04. The fraction of sp³-hybridized carbons (Fsp3) is 0.100. The third-order valence-electron chi connectivity index (χ3n) is 2.57. The molecular weight excluding hydrogens is 254 g/mol. The molecule has 1 aromatic heterocycles. The Labute approximate surface area is 106 Å². The van der Waals surface area contributed by atoms with Gasteiger partial charge in [0.05, 0.1) is 22.0 Å². The number of rotatable bonds is 4. The molecule has 0 saturated heterocycles. The zero-order valence-electron chi connectivity index (χ0n) is 9.59. The Kier molecular flexibility index (Phi) is 3.10. The van der Waals surface area contributed by atoms with Crippen molar-refractivity contribution < 1.29 is 9.85 Å². The van der Waals surface area contributed by atoms with Crippen LogP contribution in [0.4, 0.5) is 17.2 Å². The molecule has 9 nitrogen and oxygen atoms in total. The number of nitrogen functional groups attached to an aromatic ring is 1. The van der Waals surface area contributed by atoms with E-state index in [1.807, 2.05) is 0 Å². The van der Waals surface area contributed by atoms with Gasteiger partial charge in [0.1, 0.15) is 6.20 Å². The minimum atomic E-state index is -0.655. The maximum absolute atomic E-state index is 10.8. The summed E-state index contributed by atoms with van der Waals surface area (Å²) in [6, 6.07) is 6.07. The van der Waals surface area contributed by atoms with Crippen LogP contribution in [0.1, 0.15) is 5.56 Å². The molecule has 0 aliphatic carbocycles. The standard InChI is InChI=1S/C10H9N5O4/c11-10-9(15(18)19)5-12-13(10)6-7-3-1-2-4-8(7)14(16)17/h1-5H,6,11H2. The Morgan fingerprint density at radius 1 is 1.16 bits per heavy atom. The van der Waals surface area contributed by atoms with Crippen LogP contribution in [0, 0.1) is 20.2 Å². The van der Waals surface area contributed by atoms with E-state index < -0.39 is 9.85 Å². The summed E-state index contributed by atoms with van der Waals surface area (Å²) in [6.07, 6.45) is 1.02. The number of nitro benzene ring substituents is 1. The van der Waals surface area contributed by atoms with Crippen molar-refractivity contribution in [3.8, 4) is 0 Å². The lowest BCUT2D eigenvalue weighted by atomic mass is 10.2. The van der Waals surface area contributed by atoms with E-state index in [0.29, 0.717) is 5.56 Å². The van der Waals surface area contributed by atoms with Crippen molar-refractivity contribution in [3.63, 3.8) is 0 Å². The monoisotopic (exact) mass is 263 g/mol. The topological polar surface area (TPSA) is 130 Å². The number of nitro groups is 2. The minimum Gasteiger partial charge on any atom is -0.378 e. The van der Waals surface area contributed by atoms with Gasteiger partial charge in [0.2, 0.25) is 5.82 Å². The Hall–Kier alpha value is -2.97. The van der Waals surface area contributed by atoms with E-state index in [1.165, 1.54) is 12.1 Å². The normalized spacial score (nSPS) is 10.3. The summed E-state index contributed by atoms with van der Waals surface area (Å²) in [4.78, 5) is 20.3. The molecule has 1 aromatic carbocycles. The molecule has 19 heavy (non-hydrogen) atoms. The predicted octanol–water partition coefficient (Wildman–Crippen LogP) is 1.33. The van der Waals surface area contributed by atoms with Crippen molar-refractivity contribution in [1.29, 1.82) is 0 Å². The maximum atomic E-state index is 10.8. The van der Waals surface area contributed by atoms with Gasteiger partial charge in [0.25, 0.3) is 5.69 Å². The van der Waals surface area contributed by atoms with Gasteiger partial charge in [-0.05, 0) is 0 Å². The molecule has 0 atom stereocenters. The summed E-state index contributed by atoms with van der Waals surface area (Å²) in [5.74, 6) is -0.136. The zero-order chi connectivity index (χ0) is 14.0.